The van der Waals surface area contributed by atoms with E-state index in [0.29, 0.717) is 18.0 Å². The van der Waals surface area contributed by atoms with Gasteiger partial charge in [-0.25, -0.2) is 4.79 Å². The van der Waals surface area contributed by atoms with Crippen molar-refractivity contribution in [3.05, 3.63) is 35.4 Å². The third-order valence-electron chi connectivity index (χ3n) is 3.66. The highest BCUT2D eigenvalue weighted by Crippen LogP contribution is 2.24. The van der Waals surface area contributed by atoms with Crippen LogP contribution in [0.5, 0.6) is 0 Å². The molecule has 0 radical (unpaired) electrons. The van der Waals surface area contributed by atoms with Crippen molar-refractivity contribution in [2.75, 3.05) is 6.54 Å². The molecule has 1 rings (SSSR count). The largest absolute Gasteiger partial charge is 0.478 e. The van der Waals surface area contributed by atoms with Crippen LogP contribution in [-0.2, 0) is 0 Å². The molecule has 0 saturated carbocycles. The molecule has 0 aliphatic heterocycles. The van der Waals surface area contributed by atoms with Crippen LogP contribution in [0.1, 0.15) is 48.4 Å². The Bertz CT molecular complexity index is 461. The van der Waals surface area contributed by atoms with E-state index < -0.39 is 5.97 Å². The van der Waals surface area contributed by atoms with Crippen molar-refractivity contribution in [3.8, 4) is 0 Å². The van der Waals surface area contributed by atoms with Crippen LogP contribution in [0.25, 0.3) is 0 Å². The van der Waals surface area contributed by atoms with Crippen LogP contribution < -0.4 is 5.32 Å². The van der Waals surface area contributed by atoms with Crippen molar-refractivity contribution in [2.45, 2.75) is 27.7 Å². The van der Waals surface area contributed by atoms with Gasteiger partial charge in [-0.15, -0.1) is 0 Å². The normalized spacial score (nSPS) is 11.4. The maximum absolute atomic E-state index is 11.9. The van der Waals surface area contributed by atoms with Gasteiger partial charge in [0.15, 0.2) is 0 Å². The molecule has 1 aromatic rings. The van der Waals surface area contributed by atoms with E-state index in [0.717, 1.165) is 0 Å². The summed E-state index contributed by atoms with van der Waals surface area (Å²) in [5.41, 5.74) is 0.681. The van der Waals surface area contributed by atoms with Crippen LogP contribution in [-0.4, -0.2) is 23.5 Å². The van der Waals surface area contributed by atoms with Gasteiger partial charge in [0.1, 0.15) is 0 Å². The summed E-state index contributed by atoms with van der Waals surface area (Å²) in [6, 6.07) is 5.93. The van der Waals surface area contributed by atoms with E-state index in [9.17, 15) is 9.59 Å². The summed E-state index contributed by atoms with van der Waals surface area (Å²) >= 11 is 0. The summed E-state index contributed by atoms with van der Waals surface area (Å²) in [7, 11) is 0. The maximum atomic E-state index is 11.9. The van der Waals surface area contributed by atoms with Crippen LogP contribution in [0.3, 0.4) is 0 Å². The first-order valence-electron chi connectivity index (χ1n) is 6.35. The van der Waals surface area contributed by atoms with Gasteiger partial charge in [0.2, 0.25) is 0 Å². The molecule has 1 aromatic carbocycles. The number of amides is 1. The molecule has 19 heavy (non-hydrogen) atoms. The van der Waals surface area contributed by atoms with Gasteiger partial charge in [0.25, 0.3) is 5.91 Å². The van der Waals surface area contributed by atoms with Gasteiger partial charge in [-0.05, 0) is 35.6 Å². The second-order valence-corrected chi connectivity index (χ2v) is 5.71. The van der Waals surface area contributed by atoms with E-state index in [1.165, 1.54) is 24.3 Å². The molecular formula is C15H21NO3. The van der Waals surface area contributed by atoms with Gasteiger partial charge < -0.3 is 10.4 Å². The van der Waals surface area contributed by atoms with Crippen molar-refractivity contribution >= 4 is 11.9 Å². The van der Waals surface area contributed by atoms with Gasteiger partial charge in [-0.2, -0.15) is 0 Å². The molecule has 0 aliphatic carbocycles. The van der Waals surface area contributed by atoms with E-state index >= 15 is 0 Å². The first kappa shape index (κ1) is 15.2. The highest BCUT2D eigenvalue weighted by Gasteiger charge is 2.23. The fourth-order valence-corrected chi connectivity index (χ4v) is 1.38. The second kappa shape index (κ2) is 5.87. The lowest BCUT2D eigenvalue weighted by Crippen LogP contribution is -2.36. The Labute approximate surface area is 113 Å². The molecule has 0 fully saturated rings. The molecule has 0 aromatic heterocycles. The fourth-order valence-electron chi connectivity index (χ4n) is 1.38. The van der Waals surface area contributed by atoms with Crippen LogP contribution in [0.2, 0.25) is 0 Å². The number of nitrogens with one attached hydrogen (secondary N) is 1. The van der Waals surface area contributed by atoms with Crippen LogP contribution >= 0.6 is 0 Å². The predicted molar refractivity (Wildman–Crippen MR) is 74.4 cm³/mol. The summed E-state index contributed by atoms with van der Waals surface area (Å²) in [6.45, 7) is 9.03. The number of aromatic carboxylic acids is 1. The summed E-state index contributed by atoms with van der Waals surface area (Å²) < 4.78 is 0. The SMILES string of the molecule is CC(C)C(C)(C)CNC(=O)c1ccc(C(=O)O)cc1. The van der Waals surface area contributed by atoms with Crippen LogP contribution in [0.4, 0.5) is 0 Å². The standard InChI is InChI=1S/C15H21NO3/c1-10(2)15(3,4)9-16-13(17)11-5-7-12(8-6-11)14(18)19/h5-8,10H,9H2,1-4H3,(H,16,17)(H,18,19). The van der Waals surface area contributed by atoms with Crippen molar-refractivity contribution in [1.29, 1.82) is 0 Å². The molecule has 0 saturated heterocycles. The van der Waals surface area contributed by atoms with E-state index in [1.54, 1.807) is 0 Å². The van der Waals surface area contributed by atoms with Crippen molar-refractivity contribution in [2.24, 2.45) is 11.3 Å². The van der Waals surface area contributed by atoms with E-state index in [-0.39, 0.29) is 16.9 Å². The average molecular weight is 263 g/mol. The zero-order valence-electron chi connectivity index (χ0n) is 11.9. The molecule has 104 valence electrons. The first-order chi connectivity index (χ1) is 8.74. The van der Waals surface area contributed by atoms with E-state index in [4.69, 9.17) is 5.11 Å². The van der Waals surface area contributed by atoms with Crippen molar-refractivity contribution in [1.82, 2.24) is 5.32 Å². The molecule has 2 N–H and O–H groups in total. The maximum Gasteiger partial charge on any atom is 0.335 e. The van der Waals surface area contributed by atoms with Crippen molar-refractivity contribution in [3.63, 3.8) is 0 Å². The van der Waals surface area contributed by atoms with Crippen LogP contribution in [0, 0.1) is 11.3 Å². The molecule has 0 aliphatic rings. The van der Waals surface area contributed by atoms with Gasteiger partial charge in [0.05, 0.1) is 5.56 Å². The molecule has 0 unspecified atom stereocenters. The smallest absolute Gasteiger partial charge is 0.335 e. The zero-order valence-corrected chi connectivity index (χ0v) is 11.9. The lowest BCUT2D eigenvalue weighted by Gasteiger charge is -2.29. The molecule has 1 amide bonds. The summed E-state index contributed by atoms with van der Waals surface area (Å²) in [4.78, 5) is 22.7. The number of hydrogen-bond donors (Lipinski definition) is 2. The minimum Gasteiger partial charge on any atom is -0.478 e. The third kappa shape index (κ3) is 4.09. The molecule has 0 heterocycles. The Balaban J connectivity index is 2.66. The minimum absolute atomic E-state index is 0.0245. The van der Waals surface area contributed by atoms with Gasteiger partial charge in [0, 0.05) is 12.1 Å². The summed E-state index contributed by atoms with van der Waals surface area (Å²) in [6.07, 6.45) is 0. The zero-order chi connectivity index (χ0) is 14.6. The first-order valence-corrected chi connectivity index (χ1v) is 6.35. The highest BCUT2D eigenvalue weighted by molar-refractivity contribution is 5.95. The molecule has 0 spiro atoms. The van der Waals surface area contributed by atoms with Crippen molar-refractivity contribution < 1.29 is 14.7 Å². The lowest BCUT2D eigenvalue weighted by atomic mass is 9.81. The third-order valence-corrected chi connectivity index (χ3v) is 3.66. The number of hydrogen-bond acceptors (Lipinski definition) is 2. The van der Waals surface area contributed by atoms with Gasteiger partial charge >= 0.3 is 5.97 Å². The Morgan fingerprint density at radius 1 is 1.16 bits per heavy atom. The highest BCUT2D eigenvalue weighted by atomic mass is 16.4. The molecular weight excluding hydrogens is 242 g/mol. The molecule has 0 atom stereocenters. The topological polar surface area (TPSA) is 66.4 Å². The summed E-state index contributed by atoms with van der Waals surface area (Å²) in [5.74, 6) is -0.708. The number of carbonyl (C=O) groups is 2. The quantitative estimate of drug-likeness (QED) is 0.858. The molecule has 0 bridgehead atoms. The molecule has 4 heteroatoms. The lowest BCUT2D eigenvalue weighted by molar-refractivity contribution is 0.0696. The fraction of sp³-hybridized carbons (Fsp3) is 0.467. The Morgan fingerprint density at radius 2 is 1.63 bits per heavy atom. The minimum atomic E-state index is -0.993. The number of carbonyl (C=O) groups excluding carboxylic acids is 1. The predicted octanol–water partition coefficient (Wildman–Crippen LogP) is 2.80. The number of rotatable bonds is 5. The number of carboxylic acid groups (broad SMARTS) is 1. The van der Waals surface area contributed by atoms with E-state index in [2.05, 4.69) is 33.0 Å². The Morgan fingerprint density at radius 3 is 2.05 bits per heavy atom. The summed E-state index contributed by atoms with van der Waals surface area (Å²) in [5, 5.41) is 11.7. The number of carboxylic acids is 1. The Kier molecular flexibility index (Phi) is 4.70. The van der Waals surface area contributed by atoms with E-state index in [1.807, 2.05) is 0 Å². The van der Waals surface area contributed by atoms with Gasteiger partial charge in [-0.1, -0.05) is 27.7 Å². The van der Waals surface area contributed by atoms with Gasteiger partial charge in [-0.3, -0.25) is 4.79 Å². The second-order valence-electron chi connectivity index (χ2n) is 5.71. The average Bonchev–Trinajstić information content (AvgIpc) is 2.36. The van der Waals surface area contributed by atoms with Crippen LogP contribution in [0.15, 0.2) is 24.3 Å². The Hall–Kier alpha value is -1.84. The molecule has 4 nitrogen and oxygen atoms in total. The number of benzene rings is 1. The monoisotopic (exact) mass is 263 g/mol.